The molecule has 0 saturated carbocycles. The van der Waals surface area contributed by atoms with E-state index in [9.17, 15) is 0 Å². The number of aryl methyl sites for hydroxylation is 3. The first kappa shape index (κ1) is 16.6. The molecule has 0 bridgehead atoms. The van der Waals surface area contributed by atoms with Crippen molar-refractivity contribution in [3.05, 3.63) is 40.0 Å². The first-order valence-electron chi connectivity index (χ1n) is 7.55. The van der Waals surface area contributed by atoms with Gasteiger partial charge in [-0.3, -0.25) is 0 Å². The molecule has 1 heterocycles. The number of aromatic nitrogens is 2. The molecule has 1 aromatic heterocycles. The highest BCUT2D eigenvalue weighted by atomic mass is 35.5. The molecule has 2 N–H and O–H groups in total. The zero-order valence-electron chi connectivity index (χ0n) is 13.8. The summed E-state index contributed by atoms with van der Waals surface area (Å²) in [4.78, 5) is 8.98. The molecule has 4 nitrogen and oxygen atoms in total. The predicted molar refractivity (Wildman–Crippen MR) is 94.4 cm³/mol. The Kier molecular flexibility index (Phi) is 5.24. The van der Waals surface area contributed by atoms with Gasteiger partial charge in [0.1, 0.15) is 5.82 Å². The van der Waals surface area contributed by atoms with Crippen LogP contribution in [-0.2, 0) is 0 Å². The van der Waals surface area contributed by atoms with E-state index in [1.165, 1.54) is 0 Å². The molecule has 0 aliphatic carbocycles. The van der Waals surface area contributed by atoms with E-state index in [4.69, 9.17) is 11.6 Å². The summed E-state index contributed by atoms with van der Waals surface area (Å²) in [6, 6.07) is 6.33. The lowest BCUT2D eigenvalue weighted by atomic mass is 10.1. The maximum Gasteiger partial charge on any atom is 0.229 e. The van der Waals surface area contributed by atoms with Crippen molar-refractivity contribution >= 4 is 29.1 Å². The molecule has 0 radical (unpaired) electrons. The Morgan fingerprint density at radius 3 is 2.50 bits per heavy atom. The highest BCUT2D eigenvalue weighted by Gasteiger charge is 2.09. The van der Waals surface area contributed by atoms with Crippen LogP contribution in [0.4, 0.5) is 17.5 Å². The van der Waals surface area contributed by atoms with E-state index in [0.717, 1.165) is 34.7 Å². The van der Waals surface area contributed by atoms with Crippen molar-refractivity contribution in [2.45, 2.75) is 47.1 Å². The van der Waals surface area contributed by atoms with Gasteiger partial charge in [-0.1, -0.05) is 24.6 Å². The molecular formula is C17H23ClN4. The maximum atomic E-state index is 6.34. The average molecular weight is 319 g/mol. The fraction of sp³-hybridized carbons (Fsp3) is 0.412. The fourth-order valence-electron chi connectivity index (χ4n) is 2.24. The normalized spacial score (nSPS) is 12.1. The van der Waals surface area contributed by atoms with Gasteiger partial charge in [0.05, 0.1) is 10.7 Å². The van der Waals surface area contributed by atoms with Crippen LogP contribution in [-0.4, -0.2) is 16.0 Å². The fourth-order valence-corrected chi connectivity index (χ4v) is 2.61. The predicted octanol–water partition coefficient (Wildman–Crippen LogP) is 5.01. The molecule has 22 heavy (non-hydrogen) atoms. The van der Waals surface area contributed by atoms with Crippen LogP contribution in [0.3, 0.4) is 0 Å². The van der Waals surface area contributed by atoms with Crippen LogP contribution in [0.2, 0.25) is 5.02 Å². The van der Waals surface area contributed by atoms with Crippen LogP contribution in [0.25, 0.3) is 0 Å². The van der Waals surface area contributed by atoms with E-state index in [1.54, 1.807) is 0 Å². The number of nitrogens with one attached hydrogen (secondary N) is 2. The number of hydrogen-bond donors (Lipinski definition) is 2. The first-order valence-corrected chi connectivity index (χ1v) is 7.92. The molecular weight excluding hydrogens is 296 g/mol. The second-order valence-corrected chi connectivity index (χ2v) is 6.14. The lowest BCUT2D eigenvalue weighted by molar-refractivity contribution is 0.758. The highest BCUT2D eigenvalue weighted by Crippen LogP contribution is 2.29. The third kappa shape index (κ3) is 4.10. The highest BCUT2D eigenvalue weighted by molar-refractivity contribution is 6.33. The molecule has 118 valence electrons. The number of anilines is 3. The van der Waals surface area contributed by atoms with Gasteiger partial charge >= 0.3 is 0 Å². The first-order chi connectivity index (χ1) is 10.4. The monoisotopic (exact) mass is 318 g/mol. The molecule has 0 spiro atoms. The molecule has 0 aliphatic rings. The van der Waals surface area contributed by atoms with Crippen molar-refractivity contribution in [1.29, 1.82) is 0 Å². The van der Waals surface area contributed by atoms with Gasteiger partial charge in [0.2, 0.25) is 5.95 Å². The van der Waals surface area contributed by atoms with Crippen molar-refractivity contribution in [3.8, 4) is 0 Å². The summed E-state index contributed by atoms with van der Waals surface area (Å²) in [5.74, 6) is 1.38. The number of nitrogens with zero attached hydrogens (tertiary/aromatic N) is 2. The van der Waals surface area contributed by atoms with E-state index in [0.29, 0.717) is 17.0 Å². The van der Waals surface area contributed by atoms with Crippen LogP contribution in [0, 0.1) is 20.8 Å². The zero-order valence-corrected chi connectivity index (χ0v) is 14.5. The Bertz CT molecular complexity index is 647. The van der Waals surface area contributed by atoms with Gasteiger partial charge < -0.3 is 10.6 Å². The minimum Gasteiger partial charge on any atom is -0.367 e. The standard InChI is InChI=1S/C17H23ClN4/c1-6-12(4)19-15-9-13(5)20-17(21-15)22-16-11(3)7-10(2)8-14(16)18/h7-9,12H,6H2,1-5H3,(H2,19,20,21,22). The van der Waals surface area contributed by atoms with E-state index >= 15 is 0 Å². The number of hydrogen-bond acceptors (Lipinski definition) is 4. The quantitative estimate of drug-likeness (QED) is 0.813. The van der Waals surface area contributed by atoms with Crippen molar-refractivity contribution in [2.75, 3.05) is 10.6 Å². The molecule has 1 unspecified atom stereocenters. The molecule has 0 fully saturated rings. The molecule has 5 heteroatoms. The Hall–Kier alpha value is -1.81. The van der Waals surface area contributed by atoms with Gasteiger partial charge in [0.15, 0.2) is 0 Å². The van der Waals surface area contributed by atoms with Crippen molar-refractivity contribution < 1.29 is 0 Å². The largest absolute Gasteiger partial charge is 0.367 e. The summed E-state index contributed by atoms with van der Waals surface area (Å²) < 4.78 is 0. The third-order valence-corrected chi connectivity index (χ3v) is 3.83. The van der Waals surface area contributed by atoms with Gasteiger partial charge in [-0.15, -0.1) is 0 Å². The second kappa shape index (κ2) is 6.97. The van der Waals surface area contributed by atoms with Gasteiger partial charge in [-0.2, -0.15) is 4.98 Å². The zero-order chi connectivity index (χ0) is 16.3. The van der Waals surface area contributed by atoms with Gasteiger partial charge in [0.25, 0.3) is 0 Å². The molecule has 0 amide bonds. The minimum absolute atomic E-state index is 0.367. The summed E-state index contributed by atoms with van der Waals surface area (Å²) in [5.41, 5.74) is 3.97. The number of benzene rings is 1. The van der Waals surface area contributed by atoms with Crippen molar-refractivity contribution in [2.24, 2.45) is 0 Å². The second-order valence-electron chi connectivity index (χ2n) is 5.74. The van der Waals surface area contributed by atoms with Gasteiger partial charge in [-0.25, -0.2) is 4.98 Å². The van der Waals surface area contributed by atoms with E-state index in [2.05, 4.69) is 40.5 Å². The lowest BCUT2D eigenvalue weighted by Gasteiger charge is -2.15. The molecule has 0 aliphatic heterocycles. The smallest absolute Gasteiger partial charge is 0.229 e. The van der Waals surface area contributed by atoms with E-state index in [1.807, 2.05) is 32.9 Å². The van der Waals surface area contributed by atoms with Crippen molar-refractivity contribution in [3.63, 3.8) is 0 Å². The summed E-state index contributed by atoms with van der Waals surface area (Å²) in [6.45, 7) is 10.3. The Morgan fingerprint density at radius 1 is 1.14 bits per heavy atom. The van der Waals surface area contributed by atoms with Gasteiger partial charge in [-0.05, 0) is 51.3 Å². The van der Waals surface area contributed by atoms with Crippen LogP contribution < -0.4 is 10.6 Å². The molecule has 1 aromatic carbocycles. The Morgan fingerprint density at radius 2 is 1.86 bits per heavy atom. The number of rotatable bonds is 5. The van der Waals surface area contributed by atoms with Crippen LogP contribution >= 0.6 is 11.6 Å². The van der Waals surface area contributed by atoms with Crippen LogP contribution in [0.15, 0.2) is 18.2 Å². The molecule has 2 aromatic rings. The topological polar surface area (TPSA) is 49.8 Å². The van der Waals surface area contributed by atoms with Gasteiger partial charge in [0, 0.05) is 17.8 Å². The van der Waals surface area contributed by atoms with Crippen LogP contribution in [0.1, 0.15) is 37.1 Å². The molecule has 2 rings (SSSR count). The number of halogens is 1. The SMILES string of the molecule is CCC(C)Nc1cc(C)nc(Nc2c(C)cc(C)cc2Cl)n1. The summed E-state index contributed by atoms with van der Waals surface area (Å²) in [5, 5.41) is 7.30. The molecule has 1 atom stereocenters. The third-order valence-electron chi connectivity index (χ3n) is 3.53. The summed E-state index contributed by atoms with van der Waals surface area (Å²) in [7, 11) is 0. The van der Waals surface area contributed by atoms with Crippen LogP contribution in [0.5, 0.6) is 0 Å². The Labute approximate surface area is 137 Å². The maximum absolute atomic E-state index is 6.34. The average Bonchev–Trinajstić information content (AvgIpc) is 2.42. The van der Waals surface area contributed by atoms with E-state index < -0.39 is 0 Å². The summed E-state index contributed by atoms with van der Waals surface area (Å²) in [6.07, 6.45) is 1.04. The lowest BCUT2D eigenvalue weighted by Crippen LogP contribution is -2.15. The minimum atomic E-state index is 0.367. The van der Waals surface area contributed by atoms with E-state index in [-0.39, 0.29) is 0 Å². The Balaban J connectivity index is 2.30. The molecule has 0 saturated heterocycles. The van der Waals surface area contributed by atoms with Crippen molar-refractivity contribution in [1.82, 2.24) is 9.97 Å². The summed E-state index contributed by atoms with van der Waals surface area (Å²) >= 11 is 6.34.